The maximum atomic E-state index is 12.5. The minimum atomic E-state index is -0.390. The maximum Gasteiger partial charge on any atom is 0.258 e. The average Bonchev–Trinajstić information content (AvgIpc) is 2.78. The summed E-state index contributed by atoms with van der Waals surface area (Å²) in [4.78, 5) is 33.4. The third-order valence-electron chi connectivity index (χ3n) is 4.15. The van der Waals surface area contributed by atoms with Crippen molar-refractivity contribution in [1.29, 1.82) is 0 Å². The number of amides is 2. The molecule has 0 aliphatic carbocycles. The molecule has 154 valence electrons. The normalized spacial score (nSPS) is 10.1. The molecule has 0 unspecified atom stereocenters. The molecule has 0 fully saturated rings. The lowest BCUT2D eigenvalue weighted by molar-refractivity contribution is 0.101. The molecule has 3 rings (SSSR count). The number of carbonyl (C=O) groups excluding carboxylic acids is 2. The fourth-order valence-corrected chi connectivity index (χ4v) is 2.54. The zero-order valence-corrected chi connectivity index (χ0v) is 16.7. The van der Waals surface area contributed by atoms with Gasteiger partial charge in [-0.3, -0.25) is 14.9 Å². The molecular weight excluding hydrogens is 386 g/mol. The molecule has 1 aromatic heterocycles. The van der Waals surface area contributed by atoms with Crippen LogP contribution in [0.5, 0.6) is 11.5 Å². The van der Waals surface area contributed by atoms with Crippen LogP contribution in [-0.4, -0.2) is 43.0 Å². The highest BCUT2D eigenvalue weighted by Gasteiger charge is 2.13. The van der Waals surface area contributed by atoms with Gasteiger partial charge in [0.15, 0.2) is 0 Å². The Labute approximate surface area is 173 Å². The topological polar surface area (TPSA) is 114 Å². The number of nitrogens with one attached hydrogen (secondary N) is 3. The van der Waals surface area contributed by atoms with Crippen molar-refractivity contribution in [2.75, 3.05) is 37.2 Å². The van der Waals surface area contributed by atoms with Gasteiger partial charge in [0.1, 0.15) is 23.1 Å². The van der Waals surface area contributed by atoms with E-state index in [9.17, 15) is 9.59 Å². The Morgan fingerprint density at radius 2 is 1.20 bits per heavy atom. The third-order valence-corrected chi connectivity index (χ3v) is 4.15. The van der Waals surface area contributed by atoms with Gasteiger partial charge in [0, 0.05) is 24.2 Å². The molecule has 0 saturated heterocycles. The molecule has 30 heavy (non-hydrogen) atoms. The number of benzene rings is 2. The van der Waals surface area contributed by atoms with E-state index in [1.807, 2.05) is 0 Å². The first-order valence-electron chi connectivity index (χ1n) is 9.00. The van der Waals surface area contributed by atoms with Crippen LogP contribution >= 0.6 is 0 Å². The summed E-state index contributed by atoms with van der Waals surface area (Å²) in [6, 6.07) is 14.8. The van der Waals surface area contributed by atoms with Crippen molar-refractivity contribution < 1.29 is 19.1 Å². The first kappa shape index (κ1) is 20.6. The molecule has 0 aliphatic rings. The molecule has 2 amide bonds. The molecule has 3 N–H and O–H groups in total. The maximum absolute atomic E-state index is 12.5. The zero-order valence-electron chi connectivity index (χ0n) is 16.7. The molecule has 0 atom stereocenters. The van der Waals surface area contributed by atoms with Crippen LogP contribution in [0.25, 0.3) is 0 Å². The Hall–Kier alpha value is -4.14. The second kappa shape index (κ2) is 9.37. The third kappa shape index (κ3) is 5.02. The summed E-state index contributed by atoms with van der Waals surface area (Å²) in [6.45, 7) is 0. The van der Waals surface area contributed by atoms with Gasteiger partial charge in [0.25, 0.3) is 11.8 Å². The van der Waals surface area contributed by atoms with Gasteiger partial charge in [-0.2, -0.15) is 9.97 Å². The van der Waals surface area contributed by atoms with E-state index in [-0.39, 0.29) is 17.7 Å². The van der Waals surface area contributed by atoms with E-state index < -0.39 is 5.91 Å². The number of carbonyl (C=O) groups is 2. The summed E-state index contributed by atoms with van der Waals surface area (Å²) in [5, 5.41) is 8.21. The molecule has 0 aliphatic heterocycles. The molecule has 3 aromatic rings. The summed E-state index contributed by atoms with van der Waals surface area (Å²) in [5.41, 5.74) is 0.849. The number of anilines is 3. The van der Waals surface area contributed by atoms with Gasteiger partial charge in [0.05, 0.1) is 14.2 Å². The first-order chi connectivity index (χ1) is 14.5. The van der Waals surface area contributed by atoms with Crippen molar-refractivity contribution in [1.82, 2.24) is 9.97 Å². The summed E-state index contributed by atoms with van der Waals surface area (Å²) >= 11 is 0. The van der Waals surface area contributed by atoms with Crippen LogP contribution in [0.4, 0.5) is 17.6 Å². The number of ether oxygens (including phenoxy) is 2. The first-order valence-corrected chi connectivity index (χ1v) is 9.00. The fourth-order valence-electron chi connectivity index (χ4n) is 2.54. The largest absolute Gasteiger partial charge is 0.497 e. The van der Waals surface area contributed by atoms with E-state index in [1.54, 1.807) is 75.9 Å². The van der Waals surface area contributed by atoms with Gasteiger partial charge in [-0.1, -0.05) is 0 Å². The molecule has 9 heteroatoms. The summed E-state index contributed by atoms with van der Waals surface area (Å²) in [6.07, 6.45) is 0. The van der Waals surface area contributed by atoms with Crippen molar-refractivity contribution in [3.63, 3.8) is 0 Å². The standard InChI is InChI=1S/C21H21N5O4/c1-22-17-12-18(23-19(27)13-4-8-15(29-2)9-5-13)25-21(24-17)26-20(28)14-6-10-16(30-3)11-7-14/h4-12H,1-3H3,(H3,22,23,24,25,26,27,28). The summed E-state index contributed by atoms with van der Waals surface area (Å²) in [5.74, 6) is 1.26. The van der Waals surface area contributed by atoms with Crippen LogP contribution < -0.4 is 25.4 Å². The van der Waals surface area contributed by atoms with Crippen molar-refractivity contribution in [2.24, 2.45) is 0 Å². The predicted octanol–water partition coefficient (Wildman–Crippen LogP) is 3.04. The van der Waals surface area contributed by atoms with Gasteiger partial charge in [0.2, 0.25) is 5.95 Å². The highest BCUT2D eigenvalue weighted by molar-refractivity contribution is 6.05. The SMILES string of the molecule is CNc1cc(NC(=O)c2ccc(OC)cc2)nc(NC(=O)c2ccc(OC)cc2)n1. The van der Waals surface area contributed by atoms with Crippen LogP contribution in [-0.2, 0) is 0 Å². The van der Waals surface area contributed by atoms with Gasteiger partial charge < -0.3 is 20.1 Å². The van der Waals surface area contributed by atoms with Gasteiger partial charge in [-0.25, -0.2) is 0 Å². The minimum Gasteiger partial charge on any atom is -0.497 e. The van der Waals surface area contributed by atoms with E-state index in [2.05, 4.69) is 25.9 Å². The van der Waals surface area contributed by atoms with Crippen molar-refractivity contribution >= 4 is 29.4 Å². The fraction of sp³-hybridized carbons (Fsp3) is 0.143. The Balaban J connectivity index is 1.76. The molecule has 9 nitrogen and oxygen atoms in total. The minimum absolute atomic E-state index is 0.0488. The van der Waals surface area contributed by atoms with Gasteiger partial charge in [-0.15, -0.1) is 0 Å². The molecule has 0 radical (unpaired) electrons. The number of hydrogen-bond acceptors (Lipinski definition) is 7. The number of rotatable bonds is 7. The lowest BCUT2D eigenvalue weighted by atomic mass is 10.2. The average molecular weight is 407 g/mol. The second-order valence-electron chi connectivity index (χ2n) is 6.08. The number of methoxy groups -OCH3 is 2. The smallest absolute Gasteiger partial charge is 0.258 e. The van der Waals surface area contributed by atoms with E-state index in [0.717, 1.165) is 0 Å². The van der Waals surface area contributed by atoms with E-state index in [1.165, 1.54) is 0 Å². The number of aromatic nitrogens is 2. The number of nitrogens with zero attached hydrogens (tertiary/aromatic N) is 2. The van der Waals surface area contributed by atoms with Gasteiger partial charge in [-0.05, 0) is 48.5 Å². The Morgan fingerprint density at radius 3 is 1.67 bits per heavy atom. The Bertz CT molecular complexity index is 957. The van der Waals surface area contributed by atoms with E-state index in [0.29, 0.717) is 28.4 Å². The molecular formula is C21H21N5O4. The summed E-state index contributed by atoms with van der Waals surface area (Å²) < 4.78 is 10.2. The van der Waals surface area contributed by atoms with Crippen LogP contribution in [0.3, 0.4) is 0 Å². The molecule has 0 saturated carbocycles. The highest BCUT2D eigenvalue weighted by atomic mass is 16.5. The molecule has 1 heterocycles. The van der Waals surface area contributed by atoms with E-state index >= 15 is 0 Å². The quantitative estimate of drug-likeness (QED) is 0.551. The molecule has 0 spiro atoms. The molecule has 0 bridgehead atoms. The summed E-state index contributed by atoms with van der Waals surface area (Å²) in [7, 11) is 4.78. The van der Waals surface area contributed by atoms with E-state index in [4.69, 9.17) is 9.47 Å². The van der Waals surface area contributed by atoms with Crippen LogP contribution in [0.2, 0.25) is 0 Å². The van der Waals surface area contributed by atoms with Crippen molar-refractivity contribution in [3.8, 4) is 11.5 Å². The second-order valence-corrected chi connectivity index (χ2v) is 6.08. The van der Waals surface area contributed by atoms with Crippen molar-refractivity contribution in [2.45, 2.75) is 0 Å². The number of hydrogen-bond donors (Lipinski definition) is 3. The Kier molecular flexibility index (Phi) is 6.43. The predicted molar refractivity (Wildman–Crippen MR) is 113 cm³/mol. The van der Waals surface area contributed by atoms with Crippen molar-refractivity contribution in [3.05, 3.63) is 65.7 Å². The molecule has 2 aromatic carbocycles. The monoisotopic (exact) mass is 407 g/mol. The van der Waals surface area contributed by atoms with Crippen LogP contribution in [0, 0.1) is 0 Å². The lowest BCUT2D eigenvalue weighted by Crippen LogP contribution is -2.17. The van der Waals surface area contributed by atoms with Crippen LogP contribution in [0.1, 0.15) is 20.7 Å². The lowest BCUT2D eigenvalue weighted by Gasteiger charge is -2.10. The zero-order chi connectivity index (χ0) is 21.5. The van der Waals surface area contributed by atoms with Gasteiger partial charge >= 0.3 is 0 Å². The Morgan fingerprint density at radius 1 is 0.733 bits per heavy atom. The highest BCUT2D eigenvalue weighted by Crippen LogP contribution is 2.18. The van der Waals surface area contributed by atoms with Crippen LogP contribution in [0.15, 0.2) is 54.6 Å².